The molecule has 164 valence electrons. The minimum Gasteiger partial charge on any atom is -0.385 e. The van der Waals surface area contributed by atoms with Gasteiger partial charge in [0.15, 0.2) is 0 Å². The van der Waals surface area contributed by atoms with Gasteiger partial charge in [-0.25, -0.2) is 4.79 Å². The van der Waals surface area contributed by atoms with Crippen LogP contribution in [-0.4, -0.2) is 39.6 Å². The zero-order valence-corrected chi connectivity index (χ0v) is 18.6. The summed E-state index contributed by atoms with van der Waals surface area (Å²) in [5.74, 6) is -0.1000. The molecular formula is C22H33N5O3. The van der Waals surface area contributed by atoms with Crippen LogP contribution in [0.3, 0.4) is 0 Å². The van der Waals surface area contributed by atoms with E-state index < -0.39 is 17.2 Å². The number of nitrogens with two attached hydrogens (primary N) is 1. The Labute approximate surface area is 177 Å². The summed E-state index contributed by atoms with van der Waals surface area (Å²) in [4.78, 5) is 40.1. The maximum absolute atomic E-state index is 12.9. The first kappa shape index (κ1) is 23.4. The minimum atomic E-state index is -0.583. The topological polar surface area (TPSA) is 102 Å². The fourth-order valence-electron chi connectivity index (χ4n) is 3.45. The van der Waals surface area contributed by atoms with Crippen LogP contribution < -0.4 is 22.3 Å². The molecule has 2 rings (SSSR count). The molecule has 3 N–H and O–H groups in total. The van der Waals surface area contributed by atoms with Crippen molar-refractivity contribution in [2.45, 2.75) is 53.6 Å². The molecule has 0 bridgehead atoms. The molecule has 0 atom stereocenters. The van der Waals surface area contributed by atoms with Crippen LogP contribution in [0.4, 0.5) is 11.5 Å². The summed E-state index contributed by atoms with van der Waals surface area (Å²) in [6.07, 6.45) is 0. The number of nitrogens with one attached hydrogen (secondary N) is 1. The van der Waals surface area contributed by atoms with E-state index in [1.54, 1.807) is 0 Å². The quantitative estimate of drug-likeness (QED) is 0.652. The van der Waals surface area contributed by atoms with Gasteiger partial charge in [0, 0.05) is 24.8 Å². The second-order valence-corrected chi connectivity index (χ2v) is 7.70. The number of nitrogens with zero attached hydrogens (tertiary/aromatic N) is 3. The van der Waals surface area contributed by atoms with Crippen molar-refractivity contribution in [3.63, 3.8) is 0 Å². The molecule has 0 unspecified atom stereocenters. The van der Waals surface area contributed by atoms with Crippen LogP contribution in [0.2, 0.25) is 0 Å². The Hall–Kier alpha value is -2.87. The lowest BCUT2D eigenvalue weighted by Gasteiger charge is -2.20. The molecule has 1 aromatic heterocycles. The van der Waals surface area contributed by atoms with Crippen molar-refractivity contribution in [2.75, 3.05) is 30.7 Å². The Morgan fingerprint density at radius 1 is 1.17 bits per heavy atom. The Balaban J connectivity index is 2.29. The zero-order valence-electron chi connectivity index (χ0n) is 18.6. The van der Waals surface area contributed by atoms with Crippen molar-refractivity contribution >= 4 is 17.4 Å². The first-order valence-corrected chi connectivity index (χ1v) is 10.4. The first-order valence-electron chi connectivity index (χ1n) is 10.4. The van der Waals surface area contributed by atoms with Gasteiger partial charge in [0.05, 0.1) is 0 Å². The first-order chi connectivity index (χ1) is 14.2. The monoisotopic (exact) mass is 415 g/mol. The van der Waals surface area contributed by atoms with Crippen LogP contribution in [0, 0.1) is 6.92 Å². The lowest BCUT2D eigenvalue weighted by Crippen LogP contribution is -2.44. The number of hydrogen-bond acceptors (Lipinski definition) is 5. The Morgan fingerprint density at radius 2 is 1.83 bits per heavy atom. The van der Waals surface area contributed by atoms with Gasteiger partial charge in [-0.1, -0.05) is 45.9 Å². The smallest absolute Gasteiger partial charge is 0.333 e. The summed E-state index contributed by atoms with van der Waals surface area (Å²) in [5.41, 5.74) is 7.42. The van der Waals surface area contributed by atoms with Gasteiger partial charge in [0.2, 0.25) is 5.91 Å². The predicted molar refractivity (Wildman–Crippen MR) is 121 cm³/mol. The largest absolute Gasteiger partial charge is 0.385 e. The van der Waals surface area contributed by atoms with Gasteiger partial charge < -0.3 is 16.0 Å². The number of carbonyl (C=O) groups is 1. The predicted octanol–water partition coefficient (Wildman–Crippen LogP) is 2.00. The van der Waals surface area contributed by atoms with E-state index in [-0.39, 0.29) is 18.3 Å². The van der Waals surface area contributed by atoms with Gasteiger partial charge in [-0.3, -0.25) is 18.7 Å². The van der Waals surface area contributed by atoms with E-state index in [9.17, 15) is 14.4 Å². The van der Waals surface area contributed by atoms with Crippen LogP contribution in [0.25, 0.3) is 0 Å². The summed E-state index contributed by atoms with van der Waals surface area (Å²) in [6, 6.07) is 7.02. The Morgan fingerprint density at radius 3 is 2.43 bits per heavy atom. The van der Waals surface area contributed by atoms with Crippen molar-refractivity contribution in [1.82, 2.24) is 14.0 Å². The summed E-state index contributed by atoms with van der Waals surface area (Å²) in [6.45, 7) is 12.4. The molecule has 0 aliphatic heterocycles. The average Bonchev–Trinajstić information content (AvgIpc) is 2.69. The highest BCUT2D eigenvalue weighted by Gasteiger charge is 2.16. The molecule has 0 saturated heterocycles. The van der Waals surface area contributed by atoms with E-state index in [2.05, 4.69) is 10.2 Å². The van der Waals surface area contributed by atoms with E-state index in [4.69, 9.17) is 5.73 Å². The summed E-state index contributed by atoms with van der Waals surface area (Å²) in [7, 11) is 0. The molecule has 8 nitrogen and oxygen atoms in total. The number of aromatic nitrogens is 2. The third kappa shape index (κ3) is 5.38. The van der Waals surface area contributed by atoms with Gasteiger partial charge in [-0.15, -0.1) is 0 Å². The number of nitrogen functional groups attached to an aromatic ring is 1. The number of likely N-dealkylation sites (N-methyl/N-ethyl adjacent to an activating group) is 1. The number of aryl methyl sites for hydroxylation is 1. The van der Waals surface area contributed by atoms with Crippen molar-refractivity contribution in [3.8, 4) is 0 Å². The Bertz CT molecular complexity index is 1000. The third-order valence-electron chi connectivity index (χ3n) is 5.34. The molecule has 0 fully saturated rings. The SMILES string of the molecule is CCN(CC)CCn1c(N)cc(=O)n(CC(=O)Nc2c(C)cccc2C(C)C)c1=O. The van der Waals surface area contributed by atoms with Crippen molar-refractivity contribution in [1.29, 1.82) is 0 Å². The molecule has 1 amide bonds. The molecule has 0 radical (unpaired) electrons. The number of anilines is 2. The molecule has 0 aliphatic carbocycles. The number of para-hydroxylation sites is 1. The number of amides is 1. The van der Waals surface area contributed by atoms with E-state index in [1.807, 2.05) is 52.8 Å². The normalized spacial score (nSPS) is 11.3. The lowest BCUT2D eigenvalue weighted by atomic mass is 9.98. The third-order valence-corrected chi connectivity index (χ3v) is 5.34. The van der Waals surface area contributed by atoms with E-state index in [0.717, 1.165) is 34.5 Å². The van der Waals surface area contributed by atoms with Crippen LogP contribution in [0.15, 0.2) is 33.9 Å². The fourth-order valence-corrected chi connectivity index (χ4v) is 3.45. The molecule has 1 aromatic carbocycles. The standard InChI is InChI=1S/C22H33N5O3/c1-6-25(7-2)11-12-26-18(23)13-20(29)27(22(26)30)14-19(28)24-21-16(5)9-8-10-17(21)15(3)4/h8-10,13,15H,6-7,11-12,14,23H2,1-5H3,(H,24,28). The fraction of sp³-hybridized carbons (Fsp3) is 0.500. The lowest BCUT2D eigenvalue weighted by molar-refractivity contribution is -0.116. The highest BCUT2D eigenvalue weighted by Crippen LogP contribution is 2.27. The highest BCUT2D eigenvalue weighted by atomic mass is 16.2. The summed E-state index contributed by atoms with van der Waals surface area (Å²) >= 11 is 0. The van der Waals surface area contributed by atoms with Crippen molar-refractivity contribution in [3.05, 3.63) is 56.2 Å². The van der Waals surface area contributed by atoms with Crippen LogP contribution in [0.1, 0.15) is 44.7 Å². The van der Waals surface area contributed by atoms with Crippen LogP contribution in [0.5, 0.6) is 0 Å². The number of benzene rings is 1. The van der Waals surface area contributed by atoms with E-state index in [1.165, 1.54) is 10.6 Å². The van der Waals surface area contributed by atoms with E-state index >= 15 is 0 Å². The molecule has 0 saturated carbocycles. The Kier molecular flexibility index (Phi) is 8.00. The zero-order chi connectivity index (χ0) is 22.4. The maximum Gasteiger partial charge on any atom is 0.333 e. The van der Waals surface area contributed by atoms with Gasteiger partial charge in [0.1, 0.15) is 12.4 Å². The molecule has 8 heteroatoms. The van der Waals surface area contributed by atoms with Gasteiger partial charge in [-0.05, 0) is 37.1 Å². The van der Waals surface area contributed by atoms with Crippen LogP contribution in [-0.2, 0) is 17.9 Å². The summed E-state index contributed by atoms with van der Waals surface area (Å²) in [5, 5.41) is 2.88. The second-order valence-electron chi connectivity index (χ2n) is 7.70. The number of rotatable bonds is 9. The molecule has 1 heterocycles. The second kappa shape index (κ2) is 10.2. The molecular weight excluding hydrogens is 382 g/mol. The number of carbonyl (C=O) groups excluding carboxylic acids is 1. The molecule has 2 aromatic rings. The minimum absolute atomic E-state index is 0.106. The van der Waals surface area contributed by atoms with Crippen molar-refractivity contribution < 1.29 is 4.79 Å². The van der Waals surface area contributed by atoms with Crippen molar-refractivity contribution in [2.24, 2.45) is 0 Å². The average molecular weight is 416 g/mol. The number of hydrogen-bond donors (Lipinski definition) is 2. The van der Waals surface area contributed by atoms with Gasteiger partial charge in [-0.2, -0.15) is 0 Å². The van der Waals surface area contributed by atoms with Gasteiger partial charge >= 0.3 is 5.69 Å². The van der Waals surface area contributed by atoms with Gasteiger partial charge in [0.25, 0.3) is 5.56 Å². The summed E-state index contributed by atoms with van der Waals surface area (Å²) < 4.78 is 2.28. The molecule has 0 spiro atoms. The van der Waals surface area contributed by atoms with Crippen LogP contribution >= 0.6 is 0 Å². The maximum atomic E-state index is 12.9. The highest BCUT2D eigenvalue weighted by molar-refractivity contribution is 5.92. The van der Waals surface area contributed by atoms with E-state index in [0.29, 0.717) is 13.1 Å². The molecule has 30 heavy (non-hydrogen) atoms. The molecule has 0 aliphatic rings.